The summed E-state index contributed by atoms with van der Waals surface area (Å²) < 4.78 is 0.602. The Morgan fingerprint density at radius 2 is 2.10 bits per heavy atom. The number of aromatic nitrogens is 3. The fourth-order valence-corrected chi connectivity index (χ4v) is 2.67. The van der Waals surface area contributed by atoms with Crippen molar-refractivity contribution in [3.05, 3.63) is 41.9 Å². The second kappa shape index (κ2) is 6.41. The molecule has 0 fully saturated rings. The fraction of sp³-hybridized carbons (Fsp3) is 0.308. The maximum atomic E-state index is 12.0. The normalized spacial score (nSPS) is 11.1. The van der Waals surface area contributed by atoms with Gasteiger partial charge in [0.25, 0.3) is 5.56 Å². The minimum absolute atomic E-state index is 0.181. The van der Waals surface area contributed by atoms with Crippen LogP contribution in [0.5, 0.6) is 0 Å². The first-order valence-corrected chi connectivity index (χ1v) is 7.82. The lowest BCUT2D eigenvalue weighted by molar-refractivity contribution is 0.631. The van der Waals surface area contributed by atoms with Crippen molar-refractivity contribution < 1.29 is 0 Å². The van der Waals surface area contributed by atoms with E-state index >= 15 is 0 Å². The summed E-state index contributed by atoms with van der Waals surface area (Å²) in [6.45, 7) is 4.15. The van der Waals surface area contributed by atoms with E-state index in [1.807, 2.05) is 22.6 Å². The molecule has 2 rings (SSSR count). The van der Waals surface area contributed by atoms with Gasteiger partial charge < -0.3 is 4.98 Å². The Morgan fingerprint density at radius 1 is 1.40 bits per heavy atom. The van der Waals surface area contributed by atoms with Crippen LogP contribution in [-0.4, -0.2) is 15.0 Å². The van der Waals surface area contributed by atoms with Gasteiger partial charge in [-0.05, 0) is 41.0 Å². The zero-order valence-electron chi connectivity index (χ0n) is 10.9. The van der Waals surface area contributed by atoms with Crippen molar-refractivity contribution in [1.82, 2.24) is 15.0 Å². The molecule has 0 amide bonds. The van der Waals surface area contributed by atoms with Crippen LogP contribution in [-0.2, 0) is 6.42 Å². The van der Waals surface area contributed by atoms with Crippen LogP contribution in [0.15, 0.2) is 17.1 Å². The van der Waals surface area contributed by atoms with Crippen LogP contribution in [0.2, 0.25) is 10.0 Å². The maximum Gasteiger partial charge on any atom is 0.264 e. The van der Waals surface area contributed by atoms with Gasteiger partial charge in [-0.1, -0.05) is 37.0 Å². The predicted molar refractivity (Wildman–Crippen MR) is 89.4 cm³/mol. The number of nitrogens with one attached hydrogen (secondary N) is 1. The molecule has 2 aromatic rings. The maximum absolute atomic E-state index is 12.0. The average molecular weight is 424 g/mol. The lowest BCUT2D eigenvalue weighted by Crippen LogP contribution is -2.18. The van der Waals surface area contributed by atoms with Gasteiger partial charge in [0, 0.05) is 6.20 Å². The summed E-state index contributed by atoms with van der Waals surface area (Å²) in [6, 6.07) is 1.57. The smallest absolute Gasteiger partial charge is 0.264 e. The Kier molecular flexibility index (Phi) is 5.04. The summed E-state index contributed by atoms with van der Waals surface area (Å²) >= 11 is 13.9. The van der Waals surface area contributed by atoms with Gasteiger partial charge in [-0.15, -0.1) is 0 Å². The van der Waals surface area contributed by atoms with Gasteiger partial charge in [0.05, 0.1) is 19.3 Å². The van der Waals surface area contributed by atoms with E-state index < -0.39 is 0 Å². The highest BCUT2D eigenvalue weighted by Gasteiger charge is 2.14. The molecule has 0 aliphatic rings. The van der Waals surface area contributed by atoms with Crippen LogP contribution in [0.4, 0.5) is 0 Å². The van der Waals surface area contributed by atoms with Crippen molar-refractivity contribution in [2.45, 2.75) is 20.3 Å². The lowest BCUT2D eigenvalue weighted by atomic mass is 10.1. The Balaban J connectivity index is 2.57. The summed E-state index contributed by atoms with van der Waals surface area (Å²) in [5, 5.41) is 0.798. The third kappa shape index (κ3) is 3.51. The Hall–Kier alpha value is -0.660. The summed E-state index contributed by atoms with van der Waals surface area (Å²) in [5.74, 6) is 0.770. The van der Waals surface area contributed by atoms with Crippen molar-refractivity contribution in [3.63, 3.8) is 0 Å². The number of pyridine rings is 1. The second-order valence-corrected chi connectivity index (χ2v) is 6.68. The number of aromatic amines is 1. The molecule has 1 N–H and O–H groups in total. The topological polar surface area (TPSA) is 58.6 Å². The van der Waals surface area contributed by atoms with Gasteiger partial charge in [-0.3, -0.25) is 4.79 Å². The Bertz CT molecular complexity index is 701. The van der Waals surface area contributed by atoms with Gasteiger partial charge in [0.15, 0.2) is 5.82 Å². The average Bonchev–Trinajstić information content (AvgIpc) is 2.34. The Labute approximate surface area is 140 Å². The van der Waals surface area contributed by atoms with Crippen molar-refractivity contribution in [2.75, 3.05) is 0 Å². The van der Waals surface area contributed by atoms with E-state index in [4.69, 9.17) is 23.2 Å². The molecule has 2 aromatic heterocycles. The minimum atomic E-state index is -0.181. The number of H-pyrrole nitrogens is 1. The fourth-order valence-electron chi connectivity index (χ4n) is 1.73. The van der Waals surface area contributed by atoms with Gasteiger partial charge in [-0.25, -0.2) is 9.97 Å². The van der Waals surface area contributed by atoms with Crippen molar-refractivity contribution in [1.29, 1.82) is 0 Å². The number of halogens is 3. The molecule has 20 heavy (non-hydrogen) atoms. The van der Waals surface area contributed by atoms with Crippen LogP contribution < -0.4 is 5.56 Å². The van der Waals surface area contributed by atoms with Gasteiger partial charge in [0.2, 0.25) is 0 Å². The first-order valence-electron chi connectivity index (χ1n) is 5.98. The first-order chi connectivity index (χ1) is 9.38. The second-order valence-electron chi connectivity index (χ2n) is 4.76. The Morgan fingerprint density at radius 3 is 2.70 bits per heavy atom. The molecule has 0 saturated heterocycles. The zero-order valence-corrected chi connectivity index (χ0v) is 14.5. The van der Waals surface area contributed by atoms with Crippen LogP contribution in [0.3, 0.4) is 0 Å². The molecule has 2 heterocycles. The van der Waals surface area contributed by atoms with Crippen LogP contribution in [0.1, 0.15) is 19.5 Å². The lowest BCUT2D eigenvalue weighted by Gasteiger charge is -2.09. The van der Waals surface area contributed by atoms with Crippen LogP contribution >= 0.6 is 45.8 Å². The SMILES string of the molecule is CC(C)Cc1nc(-c2ncc(Cl)cc2Cl)[nH]c(=O)c1I. The van der Waals surface area contributed by atoms with E-state index in [0.29, 0.717) is 31.1 Å². The van der Waals surface area contributed by atoms with E-state index in [1.165, 1.54) is 6.20 Å². The summed E-state index contributed by atoms with van der Waals surface area (Å²) in [5.41, 5.74) is 1.00. The summed E-state index contributed by atoms with van der Waals surface area (Å²) in [7, 11) is 0. The summed E-state index contributed by atoms with van der Waals surface area (Å²) in [4.78, 5) is 23.3. The predicted octanol–water partition coefficient (Wildman–Crippen LogP) is 3.94. The molecule has 0 saturated carbocycles. The first kappa shape index (κ1) is 15.7. The zero-order chi connectivity index (χ0) is 14.9. The number of rotatable bonds is 3. The molecule has 106 valence electrons. The largest absolute Gasteiger partial charge is 0.304 e. The molecule has 0 aliphatic heterocycles. The minimum Gasteiger partial charge on any atom is -0.304 e. The molecular formula is C13H12Cl2IN3O. The highest BCUT2D eigenvalue weighted by Crippen LogP contribution is 2.25. The van der Waals surface area contributed by atoms with Crippen LogP contribution in [0.25, 0.3) is 11.5 Å². The molecule has 0 spiro atoms. The molecule has 0 atom stereocenters. The van der Waals surface area contributed by atoms with E-state index in [0.717, 1.165) is 12.1 Å². The summed E-state index contributed by atoms with van der Waals surface area (Å²) in [6.07, 6.45) is 2.20. The molecule has 7 heteroatoms. The standard InChI is InChI=1S/C13H12Cl2IN3O/c1-6(2)3-9-10(16)13(20)19-12(18-9)11-8(15)4-7(14)5-17-11/h4-6H,3H2,1-2H3,(H,18,19,20). The van der Waals surface area contributed by atoms with E-state index in [1.54, 1.807) is 6.07 Å². The molecular weight excluding hydrogens is 412 g/mol. The molecule has 0 unspecified atom stereocenters. The van der Waals surface area contributed by atoms with Gasteiger partial charge >= 0.3 is 0 Å². The van der Waals surface area contributed by atoms with Gasteiger partial charge in [-0.2, -0.15) is 0 Å². The molecule has 0 aliphatic carbocycles. The van der Waals surface area contributed by atoms with E-state index in [9.17, 15) is 4.79 Å². The quantitative estimate of drug-likeness (QED) is 0.760. The highest BCUT2D eigenvalue weighted by atomic mass is 127. The van der Waals surface area contributed by atoms with Gasteiger partial charge in [0.1, 0.15) is 5.69 Å². The third-order valence-electron chi connectivity index (χ3n) is 2.57. The molecule has 4 nitrogen and oxygen atoms in total. The monoisotopic (exact) mass is 423 g/mol. The molecule has 0 aromatic carbocycles. The van der Waals surface area contributed by atoms with E-state index in [-0.39, 0.29) is 5.56 Å². The number of hydrogen-bond donors (Lipinski definition) is 1. The van der Waals surface area contributed by atoms with Crippen molar-refractivity contribution in [3.8, 4) is 11.5 Å². The van der Waals surface area contributed by atoms with E-state index in [2.05, 4.69) is 28.8 Å². The van der Waals surface area contributed by atoms with Crippen molar-refractivity contribution >= 4 is 45.8 Å². The molecule has 0 bridgehead atoms. The number of hydrogen-bond acceptors (Lipinski definition) is 3. The molecule has 0 radical (unpaired) electrons. The van der Waals surface area contributed by atoms with Crippen LogP contribution in [0, 0.1) is 9.49 Å². The highest BCUT2D eigenvalue weighted by molar-refractivity contribution is 14.1. The number of nitrogens with zero attached hydrogens (tertiary/aromatic N) is 2. The third-order valence-corrected chi connectivity index (χ3v) is 4.17. The van der Waals surface area contributed by atoms with Crippen molar-refractivity contribution in [2.24, 2.45) is 5.92 Å².